The molecule has 0 radical (unpaired) electrons. The van der Waals surface area contributed by atoms with Crippen LogP contribution in [0.15, 0.2) is 42.5 Å². The zero-order valence-electron chi connectivity index (χ0n) is 15.4. The molecule has 1 aromatic carbocycles. The second kappa shape index (κ2) is 7.66. The lowest BCUT2D eigenvalue weighted by atomic mass is 10.2. The van der Waals surface area contributed by atoms with E-state index in [1.807, 2.05) is 49.4 Å². The normalized spacial score (nSPS) is 16.6. The van der Waals surface area contributed by atoms with Gasteiger partial charge in [-0.2, -0.15) is 0 Å². The summed E-state index contributed by atoms with van der Waals surface area (Å²) >= 11 is 8.79. The Morgan fingerprint density at radius 1 is 1.21 bits per heavy atom. The zero-order chi connectivity index (χ0) is 19.8. The van der Waals surface area contributed by atoms with Gasteiger partial charge in [-0.25, -0.2) is 4.98 Å². The van der Waals surface area contributed by atoms with Crippen molar-refractivity contribution in [3.63, 3.8) is 0 Å². The number of thiazole rings is 1. The molecule has 4 rings (SSSR count). The third-order valence-electron chi connectivity index (χ3n) is 4.81. The summed E-state index contributed by atoms with van der Waals surface area (Å²) in [7, 11) is 1.69. The molecule has 3 aromatic rings. The van der Waals surface area contributed by atoms with E-state index in [0.717, 1.165) is 15.6 Å². The van der Waals surface area contributed by atoms with Crippen LogP contribution in [0.2, 0.25) is 4.34 Å². The fourth-order valence-electron chi connectivity index (χ4n) is 3.32. The van der Waals surface area contributed by atoms with Gasteiger partial charge in [0.15, 0.2) is 0 Å². The Bertz CT molecular complexity index is 1030. The van der Waals surface area contributed by atoms with Crippen LogP contribution in [0.25, 0.3) is 9.88 Å². The van der Waals surface area contributed by atoms with E-state index in [-0.39, 0.29) is 11.8 Å². The topological polar surface area (TPSA) is 53.5 Å². The molecule has 3 heterocycles. The van der Waals surface area contributed by atoms with Crippen LogP contribution in [0.5, 0.6) is 0 Å². The summed E-state index contributed by atoms with van der Waals surface area (Å²) in [5.74, 6) is -0.216. The number of rotatable bonds is 4. The minimum Gasteiger partial charge on any atom is -0.329 e. The highest BCUT2D eigenvalue weighted by molar-refractivity contribution is 7.24. The van der Waals surface area contributed by atoms with Crippen LogP contribution in [-0.4, -0.2) is 41.3 Å². The summed E-state index contributed by atoms with van der Waals surface area (Å²) in [6.07, 6.45) is 0.612. The van der Waals surface area contributed by atoms with Gasteiger partial charge in [0.05, 0.1) is 14.9 Å². The van der Waals surface area contributed by atoms with E-state index in [9.17, 15) is 9.59 Å². The number of anilines is 1. The maximum absolute atomic E-state index is 13.1. The second-order valence-corrected chi connectivity index (χ2v) is 9.30. The molecule has 0 aliphatic carbocycles. The molecular weight excluding hydrogens is 414 g/mol. The number of benzene rings is 1. The van der Waals surface area contributed by atoms with Crippen LogP contribution < -0.4 is 4.90 Å². The van der Waals surface area contributed by atoms with Crippen LogP contribution in [0.1, 0.15) is 21.8 Å². The molecule has 0 spiro atoms. The van der Waals surface area contributed by atoms with Crippen LogP contribution in [-0.2, 0) is 4.79 Å². The number of aromatic nitrogens is 1. The van der Waals surface area contributed by atoms with Gasteiger partial charge in [-0.1, -0.05) is 29.8 Å². The lowest BCUT2D eigenvalue weighted by molar-refractivity contribution is -0.120. The number of halogens is 1. The van der Waals surface area contributed by atoms with E-state index >= 15 is 0 Å². The van der Waals surface area contributed by atoms with E-state index in [1.54, 1.807) is 16.8 Å². The molecule has 0 saturated carbocycles. The molecule has 2 amide bonds. The third-order valence-corrected chi connectivity index (χ3v) is 7.35. The summed E-state index contributed by atoms with van der Waals surface area (Å²) in [4.78, 5) is 35.3. The number of hydrogen-bond donors (Lipinski definition) is 0. The molecule has 1 aliphatic heterocycles. The van der Waals surface area contributed by atoms with Crippen molar-refractivity contribution in [2.45, 2.75) is 19.4 Å². The number of nitrogens with zero attached hydrogens (tertiary/aromatic N) is 3. The summed E-state index contributed by atoms with van der Waals surface area (Å²) < 4.78 is 0.686. The van der Waals surface area contributed by atoms with Gasteiger partial charge in [0, 0.05) is 19.3 Å². The SMILES string of the molecule is Cc1nc(-c2ccc(Cl)s2)sc1C(=O)N(C)C1CCN(c2ccccc2)C1=O. The highest BCUT2D eigenvalue weighted by Crippen LogP contribution is 2.35. The van der Waals surface area contributed by atoms with Gasteiger partial charge in [0.2, 0.25) is 5.91 Å². The van der Waals surface area contributed by atoms with E-state index in [2.05, 4.69) is 4.98 Å². The zero-order valence-corrected chi connectivity index (χ0v) is 17.8. The number of amides is 2. The monoisotopic (exact) mass is 431 g/mol. The largest absolute Gasteiger partial charge is 0.329 e. The van der Waals surface area contributed by atoms with Crippen LogP contribution in [0.4, 0.5) is 5.69 Å². The molecule has 1 unspecified atom stereocenters. The Morgan fingerprint density at radius 3 is 2.64 bits per heavy atom. The van der Waals surface area contributed by atoms with Crippen LogP contribution in [0.3, 0.4) is 0 Å². The minimum absolute atomic E-state index is 0.0468. The van der Waals surface area contributed by atoms with Gasteiger partial charge in [-0.3, -0.25) is 9.59 Å². The van der Waals surface area contributed by atoms with Crippen molar-refractivity contribution in [3.05, 3.63) is 57.4 Å². The van der Waals surface area contributed by atoms with Gasteiger partial charge in [0.1, 0.15) is 15.9 Å². The first-order valence-corrected chi connectivity index (χ1v) is 10.8. The number of hydrogen-bond acceptors (Lipinski definition) is 5. The molecular formula is C20H18ClN3O2S2. The van der Waals surface area contributed by atoms with E-state index < -0.39 is 6.04 Å². The maximum atomic E-state index is 13.1. The van der Waals surface area contributed by atoms with Crippen LogP contribution in [0, 0.1) is 6.92 Å². The maximum Gasteiger partial charge on any atom is 0.266 e. The summed E-state index contributed by atoms with van der Waals surface area (Å²) in [6, 6.07) is 12.8. The smallest absolute Gasteiger partial charge is 0.266 e. The Balaban J connectivity index is 1.54. The first kappa shape index (κ1) is 19.1. The molecule has 0 N–H and O–H groups in total. The van der Waals surface area contributed by atoms with Gasteiger partial charge in [0.25, 0.3) is 5.91 Å². The lowest BCUT2D eigenvalue weighted by Gasteiger charge is -2.23. The molecule has 1 saturated heterocycles. The average Bonchev–Trinajstić information content (AvgIpc) is 3.40. The van der Waals surface area contributed by atoms with E-state index in [0.29, 0.717) is 27.9 Å². The van der Waals surface area contributed by atoms with Crippen molar-refractivity contribution in [1.82, 2.24) is 9.88 Å². The van der Waals surface area contributed by atoms with Crippen molar-refractivity contribution < 1.29 is 9.59 Å². The third kappa shape index (κ3) is 3.45. The molecule has 28 heavy (non-hydrogen) atoms. The van der Waals surface area contributed by atoms with Gasteiger partial charge in [-0.15, -0.1) is 22.7 Å². The molecule has 0 bridgehead atoms. The number of carbonyl (C=O) groups excluding carboxylic acids is 2. The van der Waals surface area contributed by atoms with Crippen molar-refractivity contribution in [2.75, 3.05) is 18.5 Å². The first-order valence-electron chi connectivity index (χ1n) is 8.82. The summed E-state index contributed by atoms with van der Waals surface area (Å²) in [6.45, 7) is 2.43. The number of likely N-dealkylation sites (N-methyl/N-ethyl adjacent to an activating group) is 1. The molecule has 2 aromatic heterocycles. The highest BCUT2D eigenvalue weighted by atomic mass is 35.5. The predicted octanol–water partition coefficient (Wildman–Crippen LogP) is 4.71. The molecule has 1 aliphatic rings. The second-order valence-electron chi connectivity index (χ2n) is 6.58. The van der Waals surface area contributed by atoms with E-state index in [4.69, 9.17) is 11.6 Å². The van der Waals surface area contributed by atoms with Gasteiger partial charge >= 0.3 is 0 Å². The standard InChI is InChI=1S/C20H18ClN3O2S2/c1-12-17(28-18(22-12)15-8-9-16(21)27-15)20(26)23(2)14-10-11-24(19(14)25)13-6-4-3-5-7-13/h3-9,14H,10-11H2,1-2H3. The number of aryl methyl sites for hydroxylation is 1. The van der Waals surface area contributed by atoms with Gasteiger partial charge < -0.3 is 9.80 Å². The molecule has 1 atom stereocenters. The number of para-hydroxylation sites is 1. The Morgan fingerprint density at radius 2 is 1.96 bits per heavy atom. The Labute approximate surface area is 176 Å². The van der Waals surface area contributed by atoms with Gasteiger partial charge in [-0.05, 0) is 37.6 Å². The molecule has 8 heteroatoms. The predicted molar refractivity (Wildman–Crippen MR) is 114 cm³/mol. The van der Waals surface area contributed by atoms with Crippen molar-refractivity contribution in [3.8, 4) is 9.88 Å². The van der Waals surface area contributed by atoms with Crippen LogP contribution >= 0.6 is 34.3 Å². The number of carbonyl (C=O) groups is 2. The van der Waals surface area contributed by atoms with E-state index in [1.165, 1.54) is 22.7 Å². The fraction of sp³-hybridized carbons (Fsp3) is 0.250. The highest BCUT2D eigenvalue weighted by Gasteiger charge is 2.38. The average molecular weight is 432 g/mol. The fourth-order valence-corrected chi connectivity index (χ4v) is 5.47. The number of thiophene rings is 1. The summed E-state index contributed by atoms with van der Waals surface area (Å²) in [5, 5.41) is 0.773. The Hall–Kier alpha value is -2.22. The molecule has 1 fully saturated rings. The minimum atomic E-state index is -0.464. The Kier molecular flexibility index (Phi) is 5.23. The molecule has 144 valence electrons. The van der Waals surface area contributed by atoms with Crippen molar-refractivity contribution in [1.29, 1.82) is 0 Å². The lowest BCUT2D eigenvalue weighted by Crippen LogP contribution is -2.42. The van der Waals surface area contributed by atoms with Crippen molar-refractivity contribution in [2.24, 2.45) is 0 Å². The molecule has 5 nitrogen and oxygen atoms in total. The quantitative estimate of drug-likeness (QED) is 0.601. The first-order chi connectivity index (χ1) is 13.5. The van der Waals surface area contributed by atoms with Crippen molar-refractivity contribution >= 4 is 51.8 Å². The summed E-state index contributed by atoms with van der Waals surface area (Å²) in [5.41, 5.74) is 1.54.